The molecule has 0 unspecified atom stereocenters. The van der Waals surface area contributed by atoms with E-state index in [-0.39, 0.29) is 17.9 Å². The smallest absolute Gasteiger partial charge is 0.225 e. The predicted molar refractivity (Wildman–Crippen MR) is 81.9 cm³/mol. The molecule has 2 heterocycles. The van der Waals surface area contributed by atoms with Crippen LogP contribution in [0.4, 0.5) is 0 Å². The number of amides is 1. The highest BCUT2D eigenvalue weighted by Crippen LogP contribution is 2.21. The fraction of sp³-hybridized carbons (Fsp3) is 0.750. The molecular weight excluding hydrogens is 266 g/mol. The summed E-state index contributed by atoms with van der Waals surface area (Å²) in [6.45, 7) is 7.56. The Morgan fingerprint density at radius 1 is 1.43 bits per heavy atom. The molecule has 5 heteroatoms. The number of nitrogens with zero attached hydrogens (tertiary/aromatic N) is 2. The predicted octanol–water partition coefficient (Wildman–Crippen LogP) is 1.98. The van der Waals surface area contributed by atoms with Crippen LogP contribution < -0.4 is 5.32 Å². The van der Waals surface area contributed by atoms with E-state index in [1.54, 1.807) is 0 Å². The van der Waals surface area contributed by atoms with E-state index in [0.29, 0.717) is 6.54 Å². The van der Waals surface area contributed by atoms with Crippen molar-refractivity contribution in [1.82, 2.24) is 15.1 Å². The molecule has 1 fully saturated rings. The van der Waals surface area contributed by atoms with E-state index >= 15 is 0 Å². The van der Waals surface area contributed by atoms with Gasteiger partial charge in [-0.3, -0.25) is 9.48 Å². The van der Waals surface area contributed by atoms with Crippen LogP contribution in [0.1, 0.15) is 50.6 Å². The van der Waals surface area contributed by atoms with Gasteiger partial charge in [0.05, 0.1) is 17.7 Å². The molecule has 0 aliphatic carbocycles. The molecule has 2 rings (SSSR count). The Morgan fingerprint density at radius 2 is 2.19 bits per heavy atom. The molecule has 21 heavy (non-hydrogen) atoms. The van der Waals surface area contributed by atoms with Gasteiger partial charge in [-0.25, -0.2) is 0 Å². The molecule has 1 aliphatic heterocycles. The van der Waals surface area contributed by atoms with E-state index in [1.165, 1.54) is 11.3 Å². The lowest BCUT2D eigenvalue weighted by Crippen LogP contribution is -2.40. The van der Waals surface area contributed by atoms with Gasteiger partial charge in [0.2, 0.25) is 5.91 Å². The summed E-state index contributed by atoms with van der Waals surface area (Å²) in [5.41, 5.74) is 3.47. The average Bonchev–Trinajstić information content (AvgIpc) is 2.80. The van der Waals surface area contributed by atoms with Crippen LogP contribution in [-0.4, -0.2) is 28.4 Å². The first-order chi connectivity index (χ1) is 10.1. The van der Waals surface area contributed by atoms with E-state index < -0.39 is 0 Å². The molecule has 5 nitrogen and oxygen atoms in total. The quantitative estimate of drug-likeness (QED) is 0.903. The van der Waals surface area contributed by atoms with Gasteiger partial charge >= 0.3 is 0 Å². The lowest BCUT2D eigenvalue weighted by Gasteiger charge is -2.28. The van der Waals surface area contributed by atoms with Crippen LogP contribution in [0.25, 0.3) is 0 Å². The Hall–Kier alpha value is -1.36. The van der Waals surface area contributed by atoms with Crippen molar-refractivity contribution in [2.24, 2.45) is 13.0 Å². The van der Waals surface area contributed by atoms with Gasteiger partial charge < -0.3 is 10.1 Å². The van der Waals surface area contributed by atoms with Crippen LogP contribution in [-0.2, 0) is 36.0 Å². The third kappa shape index (κ3) is 3.46. The van der Waals surface area contributed by atoms with Crippen LogP contribution in [0.5, 0.6) is 0 Å². The van der Waals surface area contributed by atoms with E-state index in [2.05, 4.69) is 24.3 Å². The van der Waals surface area contributed by atoms with Crippen molar-refractivity contribution in [2.45, 2.75) is 59.1 Å². The largest absolute Gasteiger partial charge is 0.378 e. The molecule has 1 amide bonds. The minimum atomic E-state index is -0.0226. The molecule has 1 N–H and O–H groups in total. The molecule has 1 aromatic rings. The van der Waals surface area contributed by atoms with Crippen molar-refractivity contribution in [2.75, 3.05) is 6.61 Å². The van der Waals surface area contributed by atoms with Crippen molar-refractivity contribution < 1.29 is 9.53 Å². The zero-order valence-electron chi connectivity index (χ0n) is 13.6. The highest BCUT2D eigenvalue weighted by atomic mass is 16.5. The first kappa shape index (κ1) is 16.0. The number of hydrogen-bond donors (Lipinski definition) is 1. The molecule has 118 valence electrons. The Labute approximate surface area is 127 Å². The second-order valence-corrected chi connectivity index (χ2v) is 5.75. The van der Waals surface area contributed by atoms with Crippen LogP contribution in [0.2, 0.25) is 0 Å². The summed E-state index contributed by atoms with van der Waals surface area (Å²) in [5, 5.41) is 7.64. The van der Waals surface area contributed by atoms with Gasteiger partial charge in [-0.05, 0) is 32.6 Å². The topological polar surface area (TPSA) is 56.2 Å². The molecule has 2 atom stereocenters. The number of carbonyl (C=O) groups is 1. The SMILES string of the molecule is CCc1nn(C)c(CC)c1CNC(=O)[C@H]1CCCO[C@@H]1C. The van der Waals surface area contributed by atoms with E-state index in [1.807, 2.05) is 18.7 Å². The maximum atomic E-state index is 12.4. The molecule has 1 aliphatic rings. The number of ether oxygens (including phenoxy) is 1. The van der Waals surface area contributed by atoms with E-state index in [0.717, 1.165) is 38.0 Å². The summed E-state index contributed by atoms with van der Waals surface area (Å²) < 4.78 is 7.52. The van der Waals surface area contributed by atoms with Crippen molar-refractivity contribution in [3.8, 4) is 0 Å². The zero-order chi connectivity index (χ0) is 15.4. The van der Waals surface area contributed by atoms with Crippen molar-refractivity contribution in [1.29, 1.82) is 0 Å². The lowest BCUT2D eigenvalue weighted by atomic mass is 9.94. The maximum absolute atomic E-state index is 12.4. The number of carbonyl (C=O) groups excluding carboxylic acids is 1. The summed E-state index contributed by atoms with van der Waals surface area (Å²) in [5.74, 6) is 0.0840. The third-order valence-corrected chi connectivity index (χ3v) is 4.41. The number of hydrogen-bond acceptors (Lipinski definition) is 3. The monoisotopic (exact) mass is 293 g/mol. The highest BCUT2D eigenvalue weighted by molar-refractivity contribution is 5.79. The molecule has 0 bridgehead atoms. The van der Waals surface area contributed by atoms with Gasteiger partial charge in [-0.15, -0.1) is 0 Å². The van der Waals surface area contributed by atoms with Gasteiger partial charge in [0.1, 0.15) is 0 Å². The Bertz CT molecular complexity index is 496. The highest BCUT2D eigenvalue weighted by Gasteiger charge is 2.28. The molecule has 1 saturated heterocycles. The lowest BCUT2D eigenvalue weighted by molar-refractivity contribution is -0.133. The van der Waals surface area contributed by atoms with Gasteiger partial charge in [0.15, 0.2) is 0 Å². The first-order valence-electron chi connectivity index (χ1n) is 8.01. The van der Waals surface area contributed by atoms with Gasteiger partial charge in [0, 0.05) is 31.5 Å². The normalized spacial score (nSPS) is 22.3. The van der Waals surface area contributed by atoms with Crippen LogP contribution in [0.15, 0.2) is 0 Å². The number of aryl methyl sites for hydroxylation is 2. The van der Waals surface area contributed by atoms with Gasteiger partial charge in [-0.2, -0.15) is 5.10 Å². The summed E-state index contributed by atoms with van der Waals surface area (Å²) in [4.78, 5) is 12.4. The zero-order valence-corrected chi connectivity index (χ0v) is 13.6. The summed E-state index contributed by atoms with van der Waals surface area (Å²) in [7, 11) is 1.97. The minimum absolute atomic E-state index is 0.0175. The Balaban J connectivity index is 2.04. The van der Waals surface area contributed by atoms with Crippen molar-refractivity contribution in [3.63, 3.8) is 0 Å². The summed E-state index contributed by atoms with van der Waals surface area (Å²) in [6, 6.07) is 0. The minimum Gasteiger partial charge on any atom is -0.378 e. The van der Waals surface area contributed by atoms with Gasteiger partial charge in [-0.1, -0.05) is 13.8 Å². The van der Waals surface area contributed by atoms with E-state index in [4.69, 9.17) is 4.74 Å². The third-order valence-electron chi connectivity index (χ3n) is 4.41. The summed E-state index contributed by atoms with van der Waals surface area (Å²) >= 11 is 0. The van der Waals surface area contributed by atoms with Crippen molar-refractivity contribution in [3.05, 3.63) is 17.0 Å². The molecule has 0 radical (unpaired) electrons. The van der Waals surface area contributed by atoms with Gasteiger partial charge in [0.25, 0.3) is 0 Å². The molecule has 0 saturated carbocycles. The first-order valence-corrected chi connectivity index (χ1v) is 8.01. The standard InChI is InChI=1S/C16H27N3O2/c1-5-14-13(15(6-2)19(4)18-14)10-17-16(20)12-8-7-9-21-11(12)3/h11-12H,5-10H2,1-4H3,(H,17,20)/t11-,12+/m1/s1. The Morgan fingerprint density at radius 3 is 2.81 bits per heavy atom. The molecule has 0 spiro atoms. The van der Waals surface area contributed by atoms with Crippen molar-refractivity contribution >= 4 is 5.91 Å². The average molecular weight is 293 g/mol. The number of rotatable bonds is 5. The second kappa shape index (κ2) is 7.07. The summed E-state index contributed by atoms with van der Waals surface area (Å²) in [6.07, 6.45) is 3.72. The van der Waals surface area contributed by atoms with Crippen LogP contribution in [0.3, 0.4) is 0 Å². The van der Waals surface area contributed by atoms with E-state index in [9.17, 15) is 4.79 Å². The Kier molecular flexibility index (Phi) is 5.39. The molecule has 1 aromatic heterocycles. The van der Waals surface area contributed by atoms with Crippen LogP contribution in [0, 0.1) is 5.92 Å². The molecular formula is C16H27N3O2. The van der Waals surface area contributed by atoms with Crippen LogP contribution >= 0.6 is 0 Å². The maximum Gasteiger partial charge on any atom is 0.225 e. The number of nitrogens with one attached hydrogen (secondary N) is 1. The second-order valence-electron chi connectivity index (χ2n) is 5.75. The fourth-order valence-electron chi connectivity index (χ4n) is 3.17. The number of aromatic nitrogens is 2. The fourth-order valence-corrected chi connectivity index (χ4v) is 3.17. The molecule has 0 aromatic carbocycles.